The van der Waals surface area contributed by atoms with Gasteiger partial charge >= 0.3 is 0 Å². The van der Waals surface area contributed by atoms with Crippen LogP contribution < -0.4 is 10.3 Å². The molecular formula is C12H17N5O. The number of hydrazone groups is 1. The van der Waals surface area contributed by atoms with Gasteiger partial charge in [0.25, 0.3) is 0 Å². The van der Waals surface area contributed by atoms with E-state index in [0.29, 0.717) is 17.8 Å². The molecular weight excluding hydrogens is 230 g/mol. The Kier molecular flexibility index (Phi) is 2.14. The zero-order chi connectivity index (χ0) is 12.1. The van der Waals surface area contributed by atoms with Gasteiger partial charge in [0.2, 0.25) is 0 Å². The largest absolute Gasteiger partial charge is 0.388 e. The molecule has 0 saturated heterocycles. The second kappa shape index (κ2) is 3.71. The first kappa shape index (κ1) is 10.4. The summed E-state index contributed by atoms with van der Waals surface area (Å²) in [7, 11) is 0. The van der Waals surface area contributed by atoms with E-state index in [0.717, 1.165) is 5.82 Å². The highest BCUT2D eigenvalue weighted by Gasteiger charge is 2.45. The number of rotatable bonds is 1. The molecule has 6 heteroatoms. The topological polar surface area (TPSA) is 65.7 Å². The van der Waals surface area contributed by atoms with Crippen LogP contribution in [-0.4, -0.2) is 33.3 Å². The number of fused-ring (bicyclic) bond motifs is 6. The summed E-state index contributed by atoms with van der Waals surface area (Å²) < 4.78 is 2.26. The van der Waals surface area contributed by atoms with Crippen LogP contribution >= 0.6 is 0 Å². The van der Waals surface area contributed by atoms with E-state index >= 15 is 0 Å². The summed E-state index contributed by atoms with van der Waals surface area (Å²) in [6, 6.07) is 0.526. The number of anilines is 1. The average molecular weight is 247 g/mol. The minimum Gasteiger partial charge on any atom is -0.388 e. The minimum absolute atomic E-state index is 0.0356. The van der Waals surface area contributed by atoms with Crippen molar-refractivity contribution in [2.45, 2.75) is 37.9 Å². The molecule has 1 aliphatic carbocycles. The van der Waals surface area contributed by atoms with Crippen molar-refractivity contribution in [1.82, 2.24) is 15.0 Å². The van der Waals surface area contributed by atoms with E-state index in [1.54, 1.807) is 0 Å². The Bertz CT molecular complexity index is 496. The molecule has 3 aliphatic rings. The van der Waals surface area contributed by atoms with Gasteiger partial charge in [-0.25, -0.2) is 4.98 Å². The molecule has 6 nitrogen and oxygen atoms in total. The molecule has 0 radical (unpaired) electrons. The predicted molar refractivity (Wildman–Crippen MR) is 67.1 cm³/mol. The highest BCUT2D eigenvalue weighted by atomic mass is 16.3. The molecule has 1 saturated carbocycles. The third-order valence-electron chi connectivity index (χ3n) is 4.46. The Morgan fingerprint density at radius 2 is 2.28 bits per heavy atom. The maximum absolute atomic E-state index is 9.42. The molecule has 1 aromatic heterocycles. The van der Waals surface area contributed by atoms with E-state index in [1.165, 1.54) is 25.7 Å². The number of aromatic nitrogens is 2. The minimum atomic E-state index is -0.0356. The van der Waals surface area contributed by atoms with Gasteiger partial charge in [-0.2, -0.15) is 5.10 Å². The zero-order valence-electron chi connectivity index (χ0n) is 10.2. The van der Waals surface area contributed by atoms with Crippen molar-refractivity contribution >= 4 is 11.7 Å². The fourth-order valence-corrected chi connectivity index (χ4v) is 3.68. The Morgan fingerprint density at radius 3 is 3.17 bits per heavy atom. The van der Waals surface area contributed by atoms with Crippen LogP contribution in [-0.2, 0) is 0 Å². The van der Waals surface area contributed by atoms with Crippen LogP contribution in [0.3, 0.4) is 0 Å². The number of nitrogens with zero attached hydrogens (tertiary/aromatic N) is 4. The zero-order valence-corrected chi connectivity index (χ0v) is 10.2. The van der Waals surface area contributed by atoms with E-state index in [4.69, 9.17) is 0 Å². The van der Waals surface area contributed by atoms with Gasteiger partial charge in [0.05, 0.1) is 12.5 Å². The molecule has 0 aromatic carbocycles. The van der Waals surface area contributed by atoms with Crippen LogP contribution in [0.15, 0.2) is 17.6 Å². The Hall–Kier alpha value is -1.56. The van der Waals surface area contributed by atoms with E-state index in [1.807, 2.05) is 12.5 Å². The van der Waals surface area contributed by atoms with Crippen LogP contribution in [0.5, 0.6) is 0 Å². The molecule has 3 heterocycles. The van der Waals surface area contributed by atoms with Crippen molar-refractivity contribution in [2.75, 3.05) is 11.5 Å². The molecule has 96 valence electrons. The summed E-state index contributed by atoms with van der Waals surface area (Å²) >= 11 is 0. The Balaban J connectivity index is 1.82. The SMILES string of the molecule is OCC1=NNC2C3CCCCC3n3cncc3N12. The summed E-state index contributed by atoms with van der Waals surface area (Å²) in [5.74, 6) is 2.31. The molecule has 4 rings (SSSR count). The van der Waals surface area contributed by atoms with E-state index < -0.39 is 0 Å². The monoisotopic (exact) mass is 247 g/mol. The number of hydrogen-bond donors (Lipinski definition) is 2. The van der Waals surface area contributed by atoms with Gasteiger partial charge in [0, 0.05) is 12.0 Å². The molecule has 18 heavy (non-hydrogen) atoms. The summed E-state index contributed by atoms with van der Waals surface area (Å²) in [6.07, 6.45) is 8.99. The van der Waals surface area contributed by atoms with Crippen LogP contribution in [0.4, 0.5) is 5.82 Å². The van der Waals surface area contributed by atoms with Crippen molar-refractivity contribution < 1.29 is 5.11 Å². The van der Waals surface area contributed by atoms with Gasteiger partial charge in [-0.05, 0) is 12.8 Å². The van der Waals surface area contributed by atoms with Crippen molar-refractivity contribution in [3.05, 3.63) is 12.5 Å². The highest BCUT2D eigenvalue weighted by molar-refractivity contribution is 5.99. The lowest BCUT2D eigenvalue weighted by Gasteiger charge is -2.45. The summed E-state index contributed by atoms with van der Waals surface area (Å²) in [5.41, 5.74) is 3.20. The molecule has 3 unspecified atom stereocenters. The van der Waals surface area contributed by atoms with Gasteiger partial charge < -0.3 is 9.67 Å². The van der Waals surface area contributed by atoms with Crippen molar-refractivity contribution in [3.8, 4) is 0 Å². The maximum Gasteiger partial charge on any atom is 0.158 e. The average Bonchev–Trinajstić information content (AvgIpc) is 3.05. The summed E-state index contributed by atoms with van der Waals surface area (Å²) in [6.45, 7) is -0.0356. The Labute approximate surface area is 105 Å². The number of imidazole rings is 1. The van der Waals surface area contributed by atoms with Gasteiger partial charge in [-0.15, -0.1) is 0 Å². The van der Waals surface area contributed by atoms with Gasteiger partial charge in [0.15, 0.2) is 5.84 Å². The lowest BCUT2D eigenvalue weighted by Crippen LogP contribution is -2.54. The third kappa shape index (κ3) is 1.21. The number of aliphatic hydroxyl groups excluding tert-OH is 1. The predicted octanol–water partition coefficient (Wildman–Crippen LogP) is 0.669. The maximum atomic E-state index is 9.42. The first-order chi connectivity index (χ1) is 8.90. The van der Waals surface area contributed by atoms with Crippen LogP contribution in [0, 0.1) is 5.92 Å². The van der Waals surface area contributed by atoms with E-state index in [9.17, 15) is 5.11 Å². The van der Waals surface area contributed by atoms with Crippen LogP contribution in [0.2, 0.25) is 0 Å². The molecule has 1 aromatic rings. The molecule has 3 atom stereocenters. The fourth-order valence-electron chi connectivity index (χ4n) is 3.68. The van der Waals surface area contributed by atoms with E-state index in [2.05, 4.69) is 25.0 Å². The summed E-state index contributed by atoms with van der Waals surface area (Å²) in [4.78, 5) is 6.39. The van der Waals surface area contributed by atoms with Gasteiger partial charge in [-0.3, -0.25) is 10.3 Å². The lowest BCUT2D eigenvalue weighted by atomic mass is 9.80. The molecule has 0 bridgehead atoms. The first-order valence-electron chi connectivity index (χ1n) is 6.64. The smallest absolute Gasteiger partial charge is 0.158 e. The first-order valence-corrected chi connectivity index (χ1v) is 6.64. The second-order valence-corrected chi connectivity index (χ2v) is 5.30. The van der Waals surface area contributed by atoms with Crippen LogP contribution in [0.25, 0.3) is 0 Å². The normalized spacial score (nSPS) is 33.3. The number of hydrogen-bond acceptors (Lipinski definition) is 5. The van der Waals surface area contributed by atoms with Crippen LogP contribution in [0.1, 0.15) is 31.7 Å². The van der Waals surface area contributed by atoms with Crippen molar-refractivity contribution in [2.24, 2.45) is 11.0 Å². The molecule has 2 aliphatic heterocycles. The van der Waals surface area contributed by atoms with Gasteiger partial charge in [-0.1, -0.05) is 12.8 Å². The Morgan fingerprint density at radius 1 is 1.39 bits per heavy atom. The third-order valence-corrected chi connectivity index (χ3v) is 4.46. The second-order valence-electron chi connectivity index (χ2n) is 5.30. The highest BCUT2D eigenvalue weighted by Crippen LogP contribution is 2.44. The number of aliphatic hydroxyl groups is 1. The molecule has 0 amide bonds. The van der Waals surface area contributed by atoms with Gasteiger partial charge in [0.1, 0.15) is 18.6 Å². The molecule has 2 N–H and O–H groups in total. The molecule has 1 fully saturated rings. The van der Waals surface area contributed by atoms with Crippen molar-refractivity contribution in [1.29, 1.82) is 0 Å². The fraction of sp³-hybridized carbons (Fsp3) is 0.667. The number of nitrogens with one attached hydrogen (secondary N) is 1. The summed E-state index contributed by atoms with van der Waals surface area (Å²) in [5, 5.41) is 13.7. The quantitative estimate of drug-likeness (QED) is 0.765. The van der Waals surface area contributed by atoms with E-state index in [-0.39, 0.29) is 12.8 Å². The van der Waals surface area contributed by atoms with Crippen molar-refractivity contribution in [3.63, 3.8) is 0 Å². The lowest BCUT2D eigenvalue weighted by molar-refractivity contribution is 0.175. The molecule has 0 spiro atoms. The number of amidine groups is 1. The standard InChI is InChI=1S/C12H17N5O/c18-6-10-14-15-12-8-3-1-2-4-9(8)16-7-13-5-11(16)17(10)12/h5,7-9,12,15,18H,1-4,6H2.